The lowest BCUT2D eigenvalue weighted by Crippen LogP contribution is -2.28. The second-order valence-corrected chi connectivity index (χ2v) is 5.06. The van der Waals surface area contributed by atoms with E-state index in [4.69, 9.17) is 10.6 Å². The lowest BCUT2D eigenvalue weighted by molar-refractivity contribution is 0.317. The van der Waals surface area contributed by atoms with E-state index >= 15 is 0 Å². The third-order valence-electron chi connectivity index (χ3n) is 3.27. The van der Waals surface area contributed by atoms with Gasteiger partial charge in [0.15, 0.2) is 0 Å². The minimum atomic E-state index is -0.0826. The molecule has 5 nitrogen and oxygen atoms in total. The van der Waals surface area contributed by atoms with Gasteiger partial charge in [-0.25, -0.2) is 5.43 Å². The maximum atomic E-state index is 5.74. The lowest BCUT2D eigenvalue weighted by Gasteiger charge is -2.16. The van der Waals surface area contributed by atoms with Crippen molar-refractivity contribution in [3.05, 3.63) is 47.8 Å². The molecule has 3 N–H and O–H groups in total. The van der Waals surface area contributed by atoms with Gasteiger partial charge in [-0.05, 0) is 30.5 Å². The zero-order chi connectivity index (χ0) is 15.1. The van der Waals surface area contributed by atoms with Crippen LogP contribution in [0.15, 0.2) is 36.7 Å². The number of nitrogens with two attached hydrogens (primary N) is 1. The standard InChI is InChI=1S/C16H24N4O/c1-3-8-20-12-14(11-18-20)16(19-17)13-6-5-7-15(10-13)21-9-4-2/h5-7,10-12,16,19H,3-4,8-9,17H2,1-2H3. The van der Waals surface area contributed by atoms with Crippen LogP contribution in [0.1, 0.15) is 43.9 Å². The Bertz CT molecular complexity index is 553. The van der Waals surface area contributed by atoms with Crippen molar-refractivity contribution in [2.24, 2.45) is 5.84 Å². The van der Waals surface area contributed by atoms with E-state index in [1.807, 2.05) is 41.3 Å². The summed E-state index contributed by atoms with van der Waals surface area (Å²) in [6, 6.07) is 7.94. The Morgan fingerprint density at radius 2 is 2.14 bits per heavy atom. The highest BCUT2D eigenvalue weighted by molar-refractivity contribution is 5.35. The zero-order valence-electron chi connectivity index (χ0n) is 12.7. The van der Waals surface area contributed by atoms with Crippen molar-refractivity contribution in [1.82, 2.24) is 15.2 Å². The van der Waals surface area contributed by atoms with Gasteiger partial charge in [0.1, 0.15) is 5.75 Å². The Morgan fingerprint density at radius 3 is 2.86 bits per heavy atom. The number of nitrogens with zero attached hydrogens (tertiary/aromatic N) is 2. The van der Waals surface area contributed by atoms with Crippen LogP contribution >= 0.6 is 0 Å². The smallest absolute Gasteiger partial charge is 0.119 e. The van der Waals surface area contributed by atoms with Gasteiger partial charge < -0.3 is 4.74 Å². The Labute approximate surface area is 126 Å². The summed E-state index contributed by atoms with van der Waals surface area (Å²) in [5, 5.41) is 4.36. The molecular formula is C16H24N4O. The summed E-state index contributed by atoms with van der Waals surface area (Å²) in [6.45, 7) is 5.86. The molecule has 1 aromatic carbocycles. The molecule has 0 saturated carbocycles. The molecule has 1 aromatic heterocycles. The lowest BCUT2D eigenvalue weighted by atomic mass is 10.0. The molecule has 0 fully saturated rings. The first-order valence-corrected chi connectivity index (χ1v) is 7.49. The van der Waals surface area contributed by atoms with Crippen molar-refractivity contribution < 1.29 is 4.74 Å². The molecule has 1 atom stereocenters. The second-order valence-electron chi connectivity index (χ2n) is 5.06. The van der Waals surface area contributed by atoms with Gasteiger partial charge in [0.05, 0.1) is 18.8 Å². The zero-order valence-corrected chi connectivity index (χ0v) is 12.7. The molecule has 0 spiro atoms. The summed E-state index contributed by atoms with van der Waals surface area (Å²) in [7, 11) is 0. The molecule has 2 rings (SSSR count). The molecule has 2 aromatic rings. The molecule has 0 aliphatic carbocycles. The van der Waals surface area contributed by atoms with Gasteiger partial charge >= 0.3 is 0 Å². The van der Waals surface area contributed by atoms with Crippen LogP contribution in [0.5, 0.6) is 5.75 Å². The normalized spacial score (nSPS) is 12.3. The maximum Gasteiger partial charge on any atom is 0.119 e. The van der Waals surface area contributed by atoms with Crippen molar-refractivity contribution in [2.45, 2.75) is 39.3 Å². The number of benzene rings is 1. The molecule has 1 heterocycles. The Balaban J connectivity index is 2.19. The van der Waals surface area contributed by atoms with Gasteiger partial charge in [0.2, 0.25) is 0 Å². The van der Waals surface area contributed by atoms with E-state index in [-0.39, 0.29) is 6.04 Å². The Morgan fingerprint density at radius 1 is 1.29 bits per heavy atom. The van der Waals surface area contributed by atoms with Crippen LogP contribution in [0.3, 0.4) is 0 Å². The van der Waals surface area contributed by atoms with E-state index in [9.17, 15) is 0 Å². The largest absolute Gasteiger partial charge is 0.494 e. The quantitative estimate of drug-likeness (QED) is 0.579. The van der Waals surface area contributed by atoms with Crippen LogP contribution in [-0.2, 0) is 6.54 Å². The maximum absolute atomic E-state index is 5.74. The third-order valence-corrected chi connectivity index (χ3v) is 3.27. The number of hydrogen-bond acceptors (Lipinski definition) is 4. The topological polar surface area (TPSA) is 65.1 Å². The molecular weight excluding hydrogens is 264 g/mol. The SMILES string of the molecule is CCCOc1cccc(C(NN)c2cnn(CCC)c2)c1. The monoisotopic (exact) mass is 288 g/mol. The van der Waals surface area contributed by atoms with Gasteiger partial charge in [-0.1, -0.05) is 26.0 Å². The fourth-order valence-electron chi connectivity index (χ4n) is 2.27. The van der Waals surface area contributed by atoms with Crippen LogP contribution < -0.4 is 16.0 Å². The molecule has 114 valence electrons. The summed E-state index contributed by atoms with van der Waals surface area (Å²) < 4.78 is 7.62. The van der Waals surface area contributed by atoms with E-state index < -0.39 is 0 Å². The van der Waals surface area contributed by atoms with Gasteiger partial charge in [-0.2, -0.15) is 5.10 Å². The van der Waals surface area contributed by atoms with Gasteiger partial charge in [-0.15, -0.1) is 0 Å². The van der Waals surface area contributed by atoms with Crippen molar-refractivity contribution >= 4 is 0 Å². The highest BCUT2D eigenvalue weighted by Crippen LogP contribution is 2.24. The van der Waals surface area contributed by atoms with E-state index in [0.29, 0.717) is 0 Å². The minimum absolute atomic E-state index is 0.0826. The fourth-order valence-corrected chi connectivity index (χ4v) is 2.27. The van der Waals surface area contributed by atoms with Crippen molar-refractivity contribution in [2.75, 3.05) is 6.61 Å². The first-order valence-electron chi connectivity index (χ1n) is 7.49. The molecule has 0 aliphatic heterocycles. The van der Waals surface area contributed by atoms with E-state index in [0.717, 1.165) is 42.9 Å². The number of aromatic nitrogens is 2. The summed E-state index contributed by atoms with van der Waals surface area (Å²) in [6.07, 6.45) is 5.95. The second kappa shape index (κ2) is 7.81. The van der Waals surface area contributed by atoms with Crippen molar-refractivity contribution in [1.29, 1.82) is 0 Å². The molecule has 1 unspecified atom stereocenters. The van der Waals surface area contributed by atoms with E-state index in [1.54, 1.807) is 0 Å². The highest BCUT2D eigenvalue weighted by Gasteiger charge is 2.15. The molecule has 0 radical (unpaired) electrons. The predicted molar refractivity (Wildman–Crippen MR) is 83.9 cm³/mol. The number of nitrogens with one attached hydrogen (secondary N) is 1. The van der Waals surface area contributed by atoms with Crippen LogP contribution in [0.4, 0.5) is 0 Å². The van der Waals surface area contributed by atoms with Crippen molar-refractivity contribution in [3.63, 3.8) is 0 Å². The van der Waals surface area contributed by atoms with Crippen LogP contribution in [0.2, 0.25) is 0 Å². The van der Waals surface area contributed by atoms with E-state index in [1.165, 1.54) is 0 Å². The summed E-state index contributed by atoms with van der Waals surface area (Å²) in [4.78, 5) is 0. The first-order chi connectivity index (χ1) is 10.3. The first kappa shape index (κ1) is 15.5. The average molecular weight is 288 g/mol. The van der Waals surface area contributed by atoms with Crippen LogP contribution in [-0.4, -0.2) is 16.4 Å². The summed E-state index contributed by atoms with van der Waals surface area (Å²) >= 11 is 0. The molecule has 0 aliphatic rings. The highest BCUT2D eigenvalue weighted by atomic mass is 16.5. The number of ether oxygens (including phenoxy) is 1. The summed E-state index contributed by atoms with van der Waals surface area (Å²) in [5.41, 5.74) is 4.99. The average Bonchev–Trinajstić information content (AvgIpc) is 2.95. The molecule has 21 heavy (non-hydrogen) atoms. The Hall–Kier alpha value is -1.85. The third kappa shape index (κ3) is 4.06. The number of rotatable bonds is 8. The molecule has 0 bridgehead atoms. The number of aryl methyl sites for hydroxylation is 1. The number of hydrogen-bond donors (Lipinski definition) is 2. The minimum Gasteiger partial charge on any atom is -0.494 e. The molecule has 0 amide bonds. The van der Waals surface area contributed by atoms with Crippen LogP contribution in [0.25, 0.3) is 0 Å². The number of hydrazine groups is 1. The Kier molecular flexibility index (Phi) is 5.78. The molecule has 0 saturated heterocycles. The van der Waals surface area contributed by atoms with Gasteiger partial charge in [0.25, 0.3) is 0 Å². The fraction of sp³-hybridized carbons (Fsp3) is 0.438. The van der Waals surface area contributed by atoms with Crippen LogP contribution in [0, 0.1) is 0 Å². The van der Waals surface area contributed by atoms with Gasteiger partial charge in [0, 0.05) is 18.3 Å². The van der Waals surface area contributed by atoms with E-state index in [2.05, 4.69) is 24.4 Å². The predicted octanol–water partition coefficient (Wildman–Crippen LogP) is 2.63. The van der Waals surface area contributed by atoms with Gasteiger partial charge in [-0.3, -0.25) is 10.5 Å². The summed E-state index contributed by atoms with van der Waals surface area (Å²) in [5.74, 6) is 6.61. The molecule has 5 heteroatoms. The van der Waals surface area contributed by atoms with Crippen molar-refractivity contribution in [3.8, 4) is 5.75 Å².